The summed E-state index contributed by atoms with van der Waals surface area (Å²) >= 11 is 0. The van der Waals surface area contributed by atoms with Gasteiger partial charge in [-0.25, -0.2) is 0 Å². The molecule has 0 radical (unpaired) electrons. The summed E-state index contributed by atoms with van der Waals surface area (Å²) in [6.07, 6.45) is 4.96. The summed E-state index contributed by atoms with van der Waals surface area (Å²) < 4.78 is 5.14. The lowest BCUT2D eigenvalue weighted by atomic mass is 9.82. The molecule has 0 saturated heterocycles. The van der Waals surface area contributed by atoms with E-state index in [1.807, 2.05) is 0 Å². The van der Waals surface area contributed by atoms with E-state index >= 15 is 0 Å². The van der Waals surface area contributed by atoms with Gasteiger partial charge < -0.3 is 10.1 Å². The van der Waals surface area contributed by atoms with E-state index in [0.717, 1.165) is 12.5 Å². The highest BCUT2D eigenvalue weighted by Crippen LogP contribution is 2.32. The van der Waals surface area contributed by atoms with E-state index in [1.54, 1.807) is 19.2 Å². The molecule has 1 aliphatic rings. The number of hydrogen-bond donors (Lipinski definition) is 1. The molecule has 2 rings (SSSR count). The van der Waals surface area contributed by atoms with Crippen molar-refractivity contribution in [3.8, 4) is 5.75 Å². The molecule has 2 atom stereocenters. The first-order chi connectivity index (χ1) is 9.60. The minimum atomic E-state index is -0.356. The molecule has 1 N–H and O–H groups in total. The molecular formula is C15H22N2O3. The predicted octanol–water partition coefficient (Wildman–Crippen LogP) is 3.84. The van der Waals surface area contributed by atoms with Gasteiger partial charge in [0.05, 0.1) is 12.0 Å². The Labute approximate surface area is 119 Å². The molecule has 1 fully saturated rings. The summed E-state index contributed by atoms with van der Waals surface area (Å²) in [6, 6.07) is 4.81. The molecule has 0 spiro atoms. The SMILES string of the molecule is COc1ccc([N+](=O)[O-])c(NCC2CCCC(C)C2)c1. The van der Waals surface area contributed by atoms with Crippen molar-refractivity contribution >= 4 is 11.4 Å². The van der Waals surface area contributed by atoms with Crippen molar-refractivity contribution in [1.82, 2.24) is 0 Å². The van der Waals surface area contributed by atoms with Gasteiger partial charge in [-0.05, 0) is 30.7 Å². The fourth-order valence-electron chi connectivity index (χ4n) is 2.94. The van der Waals surface area contributed by atoms with Crippen LogP contribution in [0.1, 0.15) is 32.6 Å². The van der Waals surface area contributed by atoms with Gasteiger partial charge in [0, 0.05) is 18.7 Å². The Morgan fingerprint density at radius 3 is 2.90 bits per heavy atom. The van der Waals surface area contributed by atoms with Gasteiger partial charge in [0.1, 0.15) is 11.4 Å². The molecule has 0 heterocycles. The van der Waals surface area contributed by atoms with Crippen molar-refractivity contribution in [2.45, 2.75) is 32.6 Å². The molecular weight excluding hydrogens is 256 g/mol. The molecule has 20 heavy (non-hydrogen) atoms. The monoisotopic (exact) mass is 278 g/mol. The van der Waals surface area contributed by atoms with Gasteiger partial charge in [-0.15, -0.1) is 0 Å². The number of nitro benzene ring substituents is 1. The number of nitrogens with zero attached hydrogens (tertiary/aromatic N) is 1. The summed E-state index contributed by atoms with van der Waals surface area (Å²) in [4.78, 5) is 10.7. The maximum absolute atomic E-state index is 11.0. The second-order valence-electron chi connectivity index (χ2n) is 5.66. The van der Waals surface area contributed by atoms with Crippen LogP contribution in [0.3, 0.4) is 0 Å². The fraction of sp³-hybridized carbons (Fsp3) is 0.600. The molecule has 0 aromatic heterocycles. The van der Waals surface area contributed by atoms with Crippen molar-refractivity contribution in [2.24, 2.45) is 11.8 Å². The third-order valence-electron chi connectivity index (χ3n) is 4.03. The zero-order valence-electron chi connectivity index (χ0n) is 12.1. The van der Waals surface area contributed by atoms with Crippen molar-refractivity contribution in [1.29, 1.82) is 0 Å². The highest BCUT2D eigenvalue weighted by molar-refractivity contribution is 5.64. The van der Waals surface area contributed by atoms with Gasteiger partial charge in [-0.1, -0.05) is 19.8 Å². The number of hydrogen-bond acceptors (Lipinski definition) is 4. The average Bonchev–Trinajstić information content (AvgIpc) is 2.44. The number of benzene rings is 1. The first-order valence-electron chi connectivity index (χ1n) is 7.16. The number of methoxy groups -OCH3 is 1. The summed E-state index contributed by atoms with van der Waals surface area (Å²) in [5.74, 6) is 2.00. The first kappa shape index (κ1) is 14.6. The van der Waals surface area contributed by atoms with Crippen LogP contribution in [0.15, 0.2) is 18.2 Å². The van der Waals surface area contributed by atoms with Crippen LogP contribution in [0.4, 0.5) is 11.4 Å². The van der Waals surface area contributed by atoms with E-state index < -0.39 is 0 Å². The molecule has 1 aromatic rings. The number of rotatable bonds is 5. The molecule has 0 amide bonds. The van der Waals surface area contributed by atoms with Gasteiger partial charge in [0.15, 0.2) is 0 Å². The molecule has 0 aliphatic heterocycles. The average molecular weight is 278 g/mol. The Balaban J connectivity index is 2.05. The third-order valence-corrected chi connectivity index (χ3v) is 4.03. The highest BCUT2D eigenvalue weighted by atomic mass is 16.6. The zero-order valence-corrected chi connectivity index (χ0v) is 12.1. The summed E-state index contributed by atoms with van der Waals surface area (Å²) in [5.41, 5.74) is 0.655. The van der Waals surface area contributed by atoms with Crippen LogP contribution in [0.2, 0.25) is 0 Å². The van der Waals surface area contributed by atoms with Crippen molar-refractivity contribution in [2.75, 3.05) is 19.0 Å². The maximum Gasteiger partial charge on any atom is 0.292 e. The van der Waals surface area contributed by atoms with E-state index in [0.29, 0.717) is 17.4 Å². The quantitative estimate of drug-likeness (QED) is 0.656. The van der Waals surface area contributed by atoms with Crippen LogP contribution in [0.5, 0.6) is 5.75 Å². The van der Waals surface area contributed by atoms with Gasteiger partial charge in [-0.3, -0.25) is 10.1 Å². The minimum Gasteiger partial charge on any atom is -0.497 e. The number of anilines is 1. The number of nitrogens with one attached hydrogen (secondary N) is 1. The molecule has 1 saturated carbocycles. The topological polar surface area (TPSA) is 64.4 Å². The Hall–Kier alpha value is -1.78. The lowest BCUT2D eigenvalue weighted by molar-refractivity contribution is -0.384. The smallest absolute Gasteiger partial charge is 0.292 e. The maximum atomic E-state index is 11.0. The van der Waals surface area contributed by atoms with Crippen LogP contribution < -0.4 is 10.1 Å². The van der Waals surface area contributed by atoms with E-state index in [2.05, 4.69) is 12.2 Å². The molecule has 1 aromatic carbocycles. The van der Waals surface area contributed by atoms with E-state index in [-0.39, 0.29) is 10.6 Å². The van der Waals surface area contributed by atoms with Gasteiger partial charge in [-0.2, -0.15) is 0 Å². The Morgan fingerprint density at radius 2 is 2.25 bits per heavy atom. The summed E-state index contributed by atoms with van der Waals surface area (Å²) in [6.45, 7) is 3.07. The lowest BCUT2D eigenvalue weighted by Gasteiger charge is -2.27. The molecule has 1 aliphatic carbocycles. The Bertz CT molecular complexity index is 476. The van der Waals surface area contributed by atoms with E-state index in [9.17, 15) is 10.1 Å². The van der Waals surface area contributed by atoms with Crippen molar-refractivity contribution in [3.63, 3.8) is 0 Å². The van der Waals surface area contributed by atoms with Crippen LogP contribution >= 0.6 is 0 Å². The molecule has 0 bridgehead atoms. The first-order valence-corrected chi connectivity index (χ1v) is 7.16. The zero-order chi connectivity index (χ0) is 14.5. The van der Waals surface area contributed by atoms with Gasteiger partial charge in [0.25, 0.3) is 5.69 Å². The third kappa shape index (κ3) is 3.62. The standard InChI is InChI=1S/C15H22N2O3/c1-11-4-3-5-12(8-11)10-16-14-9-13(20-2)6-7-15(14)17(18)19/h6-7,9,11-12,16H,3-5,8,10H2,1-2H3. The van der Waals surface area contributed by atoms with Gasteiger partial charge in [0.2, 0.25) is 0 Å². The molecule has 5 nitrogen and oxygen atoms in total. The normalized spacial score (nSPS) is 22.3. The second kappa shape index (κ2) is 6.59. The number of ether oxygens (including phenoxy) is 1. The highest BCUT2D eigenvalue weighted by Gasteiger charge is 2.20. The van der Waals surface area contributed by atoms with Crippen LogP contribution in [0.25, 0.3) is 0 Å². The minimum absolute atomic E-state index is 0.106. The molecule has 2 unspecified atom stereocenters. The largest absolute Gasteiger partial charge is 0.497 e. The number of nitro groups is 1. The van der Waals surface area contributed by atoms with Crippen LogP contribution in [0, 0.1) is 22.0 Å². The van der Waals surface area contributed by atoms with Crippen molar-refractivity contribution < 1.29 is 9.66 Å². The van der Waals surface area contributed by atoms with E-state index in [4.69, 9.17) is 4.74 Å². The lowest BCUT2D eigenvalue weighted by Crippen LogP contribution is -2.21. The molecule has 5 heteroatoms. The van der Waals surface area contributed by atoms with Crippen molar-refractivity contribution in [3.05, 3.63) is 28.3 Å². The van der Waals surface area contributed by atoms with Crippen LogP contribution in [-0.2, 0) is 0 Å². The predicted molar refractivity (Wildman–Crippen MR) is 79.3 cm³/mol. The summed E-state index contributed by atoms with van der Waals surface area (Å²) in [5, 5.41) is 14.3. The summed E-state index contributed by atoms with van der Waals surface area (Å²) in [7, 11) is 1.56. The fourth-order valence-corrected chi connectivity index (χ4v) is 2.94. The Morgan fingerprint density at radius 1 is 1.45 bits per heavy atom. The molecule has 110 valence electrons. The second-order valence-corrected chi connectivity index (χ2v) is 5.66. The van der Waals surface area contributed by atoms with Gasteiger partial charge >= 0.3 is 0 Å². The van der Waals surface area contributed by atoms with Crippen LogP contribution in [-0.4, -0.2) is 18.6 Å². The Kier molecular flexibility index (Phi) is 4.82. The van der Waals surface area contributed by atoms with E-state index in [1.165, 1.54) is 31.7 Å².